The van der Waals surface area contributed by atoms with Gasteiger partial charge in [0.25, 0.3) is 0 Å². The average Bonchev–Trinajstić information content (AvgIpc) is 2.47. The largest absolute Gasteiger partial charge is 0.573 e. The summed E-state index contributed by atoms with van der Waals surface area (Å²) in [6, 6.07) is 6.93. The van der Waals surface area contributed by atoms with E-state index < -0.39 is 18.1 Å². The third-order valence-corrected chi connectivity index (χ3v) is 2.89. The molecule has 128 valence electrons. The van der Waals surface area contributed by atoms with Crippen molar-refractivity contribution in [3.63, 3.8) is 0 Å². The highest BCUT2D eigenvalue weighted by Gasteiger charge is 2.31. The molecule has 0 aliphatic heterocycles. The standard InChI is InChI=1S/C16H11F6NO/c17-15(18,19)12-8-9-23-13(10-12)3-1-2-11-4-6-14(7-5-11)24-16(20,21)22/h1-2,4-10H,3H2. The van der Waals surface area contributed by atoms with Crippen molar-refractivity contribution in [1.82, 2.24) is 4.98 Å². The van der Waals surface area contributed by atoms with Crippen molar-refractivity contribution in [3.05, 3.63) is 65.5 Å². The zero-order chi connectivity index (χ0) is 17.8. The Morgan fingerprint density at radius 2 is 1.62 bits per heavy atom. The van der Waals surface area contributed by atoms with E-state index in [9.17, 15) is 26.3 Å². The molecule has 0 N–H and O–H groups in total. The molecule has 0 bridgehead atoms. The molecule has 1 aromatic carbocycles. The Morgan fingerprint density at radius 3 is 2.21 bits per heavy atom. The number of halogens is 6. The van der Waals surface area contributed by atoms with Gasteiger partial charge in [-0.05, 0) is 29.8 Å². The number of alkyl halides is 6. The van der Waals surface area contributed by atoms with Gasteiger partial charge in [0.1, 0.15) is 5.75 Å². The zero-order valence-electron chi connectivity index (χ0n) is 12.0. The lowest BCUT2D eigenvalue weighted by molar-refractivity contribution is -0.274. The Morgan fingerprint density at radius 1 is 0.958 bits per heavy atom. The summed E-state index contributed by atoms with van der Waals surface area (Å²) in [5.74, 6) is -0.348. The molecule has 8 heteroatoms. The lowest BCUT2D eigenvalue weighted by Gasteiger charge is -2.08. The summed E-state index contributed by atoms with van der Waals surface area (Å²) in [5, 5.41) is 0. The van der Waals surface area contributed by atoms with Crippen LogP contribution in [0.1, 0.15) is 16.8 Å². The minimum absolute atomic E-state index is 0.157. The molecule has 0 fully saturated rings. The van der Waals surface area contributed by atoms with Crippen LogP contribution in [0.3, 0.4) is 0 Å². The number of ether oxygens (including phenoxy) is 1. The predicted molar refractivity (Wildman–Crippen MR) is 75.1 cm³/mol. The molecule has 0 aliphatic rings. The highest BCUT2D eigenvalue weighted by atomic mass is 19.4. The molecule has 0 radical (unpaired) electrons. The van der Waals surface area contributed by atoms with Crippen LogP contribution in [-0.4, -0.2) is 11.3 Å². The molecule has 0 aliphatic carbocycles. The molecule has 0 unspecified atom stereocenters. The fourth-order valence-electron chi connectivity index (χ4n) is 1.86. The Bertz CT molecular complexity index is 704. The van der Waals surface area contributed by atoms with Crippen molar-refractivity contribution in [2.24, 2.45) is 0 Å². The second-order valence-corrected chi connectivity index (χ2v) is 4.76. The van der Waals surface area contributed by atoms with Crippen LogP contribution in [0.5, 0.6) is 5.75 Å². The van der Waals surface area contributed by atoms with Gasteiger partial charge in [-0.2, -0.15) is 13.2 Å². The van der Waals surface area contributed by atoms with E-state index in [0.717, 1.165) is 30.5 Å². The van der Waals surface area contributed by atoms with Crippen LogP contribution >= 0.6 is 0 Å². The molecule has 0 atom stereocenters. The molecule has 0 amide bonds. The van der Waals surface area contributed by atoms with E-state index in [-0.39, 0.29) is 17.9 Å². The summed E-state index contributed by atoms with van der Waals surface area (Å²) < 4.78 is 77.5. The maximum atomic E-state index is 12.6. The summed E-state index contributed by atoms with van der Waals surface area (Å²) in [4.78, 5) is 3.84. The van der Waals surface area contributed by atoms with Crippen molar-refractivity contribution >= 4 is 6.08 Å². The molecule has 24 heavy (non-hydrogen) atoms. The molecule has 2 nitrogen and oxygen atoms in total. The normalized spacial score (nSPS) is 12.6. The molecular weight excluding hydrogens is 336 g/mol. The topological polar surface area (TPSA) is 22.1 Å². The van der Waals surface area contributed by atoms with Crippen LogP contribution in [-0.2, 0) is 12.6 Å². The predicted octanol–water partition coefficient (Wildman–Crippen LogP) is 5.25. The van der Waals surface area contributed by atoms with Crippen molar-refractivity contribution in [2.45, 2.75) is 19.0 Å². The van der Waals surface area contributed by atoms with E-state index in [1.165, 1.54) is 12.1 Å². The van der Waals surface area contributed by atoms with Gasteiger partial charge in [-0.25, -0.2) is 0 Å². The van der Waals surface area contributed by atoms with E-state index in [0.29, 0.717) is 5.56 Å². The first-order valence-corrected chi connectivity index (χ1v) is 6.68. The average molecular weight is 347 g/mol. The van der Waals surface area contributed by atoms with Gasteiger partial charge in [0.15, 0.2) is 0 Å². The first-order valence-electron chi connectivity index (χ1n) is 6.68. The second-order valence-electron chi connectivity index (χ2n) is 4.76. The van der Waals surface area contributed by atoms with Crippen molar-refractivity contribution in [2.75, 3.05) is 0 Å². The quantitative estimate of drug-likeness (QED) is 0.705. The smallest absolute Gasteiger partial charge is 0.406 e. The van der Waals surface area contributed by atoms with Crippen LogP contribution in [0.2, 0.25) is 0 Å². The zero-order valence-corrected chi connectivity index (χ0v) is 12.0. The number of allylic oxidation sites excluding steroid dienone is 1. The third kappa shape index (κ3) is 5.60. The number of pyridine rings is 1. The van der Waals surface area contributed by atoms with Crippen LogP contribution in [0, 0.1) is 0 Å². The molecular formula is C16H11F6NO. The maximum Gasteiger partial charge on any atom is 0.573 e. The summed E-state index contributed by atoms with van der Waals surface area (Å²) in [5.41, 5.74) is 0.0316. The lowest BCUT2D eigenvalue weighted by atomic mass is 10.1. The highest BCUT2D eigenvalue weighted by Crippen LogP contribution is 2.29. The summed E-state index contributed by atoms with van der Waals surface area (Å²) >= 11 is 0. The van der Waals surface area contributed by atoms with Gasteiger partial charge >= 0.3 is 12.5 Å². The van der Waals surface area contributed by atoms with Gasteiger partial charge in [0.2, 0.25) is 0 Å². The van der Waals surface area contributed by atoms with Crippen LogP contribution in [0.4, 0.5) is 26.3 Å². The van der Waals surface area contributed by atoms with Crippen molar-refractivity contribution in [3.8, 4) is 5.75 Å². The monoisotopic (exact) mass is 347 g/mol. The van der Waals surface area contributed by atoms with E-state index >= 15 is 0 Å². The molecule has 2 aromatic rings. The Balaban J connectivity index is 1.99. The number of hydrogen-bond donors (Lipinski definition) is 0. The molecule has 0 saturated heterocycles. The van der Waals surface area contributed by atoms with E-state index in [1.54, 1.807) is 12.2 Å². The first kappa shape index (κ1) is 17.8. The number of hydrogen-bond acceptors (Lipinski definition) is 2. The first-order chi connectivity index (χ1) is 11.1. The van der Waals surface area contributed by atoms with Gasteiger partial charge in [-0.15, -0.1) is 13.2 Å². The van der Waals surface area contributed by atoms with Gasteiger partial charge in [0.05, 0.1) is 5.56 Å². The van der Waals surface area contributed by atoms with Gasteiger partial charge in [0, 0.05) is 18.3 Å². The SMILES string of the molecule is FC(F)(F)Oc1ccc(C=CCc2cc(C(F)(F)F)ccn2)cc1. The summed E-state index contributed by atoms with van der Waals surface area (Å²) in [7, 11) is 0. The van der Waals surface area contributed by atoms with E-state index in [1.807, 2.05) is 0 Å². The minimum atomic E-state index is -4.76. The van der Waals surface area contributed by atoms with Gasteiger partial charge < -0.3 is 4.74 Å². The fourth-order valence-corrected chi connectivity index (χ4v) is 1.86. The Kier molecular flexibility index (Phi) is 5.16. The number of aromatic nitrogens is 1. The van der Waals surface area contributed by atoms with Gasteiger partial charge in [-0.1, -0.05) is 24.3 Å². The molecule has 1 heterocycles. The van der Waals surface area contributed by atoms with Crippen LogP contribution in [0.25, 0.3) is 6.08 Å². The second kappa shape index (κ2) is 6.94. The molecule has 0 saturated carbocycles. The third-order valence-electron chi connectivity index (χ3n) is 2.89. The number of rotatable bonds is 4. The molecule has 0 spiro atoms. The minimum Gasteiger partial charge on any atom is -0.406 e. The van der Waals surface area contributed by atoms with Crippen molar-refractivity contribution < 1.29 is 31.1 Å². The fraction of sp³-hybridized carbons (Fsp3) is 0.188. The van der Waals surface area contributed by atoms with Crippen molar-refractivity contribution in [1.29, 1.82) is 0 Å². The van der Waals surface area contributed by atoms with E-state index in [4.69, 9.17) is 0 Å². The number of benzene rings is 1. The summed E-state index contributed by atoms with van der Waals surface area (Å²) in [6.07, 6.45) is -4.82. The van der Waals surface area contributed by atoms with Gasteiger partial charge in [-0.3, -0.25) is 4.98 Å². The molecule has 2 rings (SSSR count). The Hall–Kier alpha value is -2.51. The molecule has 1 aromatic heterocycles. The Labute approximate surface area is 133 Å². The number of nitrogens with zero attached hydrogens (tertiary/aromatic N) is 1. The maximum absolute atomic E-state index is 12.6. The van der Waals surface area contributed by atoms with Crippen LogP contribution < -0.4 is 4.74 Å². The highest BCUT2D eigenvalue weighted by molar-refractivity contribution is 5.51. The lowest BCUT2D eigenvalue weighted by Crippen LogP contribution is -2.16. The van der Waals surface area contributed by atoms with Crippen LogP contribution in [0.15, 0.2) is 48.7 Å². The van der Waals surface area contributed by atoms with E-state index in [2.05, 4.69) is 9.72 Å². The summed E-state index contributed by atoms with van der Waals surface area (Å²) in [6.45, 7) is 0.